The van der Waals surface area contributed by atoms with Crippen molar-refractivity contribution in [3.05, 3.63) is 63.6 Å². The number of hydrogen-bond acceptors (Lipinski definition) is 6. The maximum absolute atomic E-state index is 13.9. The molecule has 2 aromatic rings. The molecule has 1 spiro atoms. The van der Waals surface area contributed by atoms with Gasteiger partial charge < -0.3 is 24.4 Å². The monoisotopic (exact) mass is 575 g/mol. The van der Waals surface area contributed by atoms with Crippen molar-refractivity contribution < 1.29 is 28.6 Å². The fourth-order valence-electron chi connectivity index (χ4n) is 5.47. The van der Waals surface area contributed by atoms with E-state index in [1.807, 2.05) is 0 Å². The van der Waals surface area contributed by atoms with E-state index in [9.17, 15) is 14.4 Å². The van der Waals surface area contributed by atoms with Crippen molar-refractivity contribution in [2.75, 3.05) is 40.0 Å². The highest BCUT2D eigenvalue weighted by atomic mass is 35.5. The molecule has 2 aromatic carbocycles. The summed E-state index contributed by atoms with van der Waals surface area (Å²) in [6.07, 6.45) is 2.54. The van der Waals surface area contributed by atoms with Crippen molar-refractivity contribution in [2.24, 2.45) is 0 Å². The Balaban J connectivity index is 1.36. The molecule has 2 atom stereocenters. The minimum Gasteiger partial charge on any atom is -0.497 e. The van der Waals surface area contributed by atoms with Crippen molar-refractivity contribution in [1.82, 2.24) is 15.1 Å². The predicted molar refractivity (Wildman–Crippen MR) is 145 cm³/mol. The van der Waals surface area contributed by atoms with Gasteiger partial charge in [0.2, 0.25) is 5.91 Å². The van der Waals surface area contributed by atoms with Crippen LogP contribution < -0.4 is 10.1 Å². The van der Waals surface area contributed by atoms with Crippen LogP contribution in [0.5, 0.6) is 5.75 Å². The third-order valence-electron chi connectivity index (χ3n) is 7.63. The Hall–Kier alpha value is -2.85. The lowest BCUT2D eigenvalue weighted by Gasteiger charge is -2.44. The number of hydrogen-bond donors (Lipinski definition) is 1. The molecule has 1 N–H and O–H groups in total. The Morgan fingerprint density at radius 1 is 1.05 bits per heavy atom. The first-order chi connectivity index (χ1) is 18.8. The van der Waals surface area contributed by atoms with Crippen LogP contribution in [0.4, 0.5) is 0 Å². The molecule has 0 saturated carbocycles. The van der Waals surface area contributed by atoms with E-state index in [1.165, 1.54) is 7.11 Å². The van der Waals surface area contributed by atoms with E-state index in [1.54, 1.807) is 52.3 Å². The maximum atomic E-state index is 13.9. The molecule has 3 fully saturated rings. The smallest absolute Gasteiger partial charge is 0.257 e. The quantitative estimate of drug-likeness (QED) is 0.563. The summed E-state index contributed by atoms with van der Waals surface area (Å²) >= 11 is 12.1. The second-order valence-electron chi connectivity index (χ2n) is 9.98. The Labute approximate surface area is 237 Å². The van der Waals surface area contributed by atoms with Crippen LogP contribution in [0.25, 0.3) is 0 Å². The first kappa shape index (κ1) is 27.7. The molecule has 0 radical (unpaired) electrons. The summed E-state index contributed by atoms with van der Waals surface area (Å²) < 4.78 is 17.2. The average Bonchev–Trinajstić information content (AvgIpc) is 3.61. The third-order valence-corrected chi connectivity index (χ3v) is 8.36. The average molecular weight is 576 g/mol. The summed E-state index contributed by atoms with van der Waals surface area (Å²) in [6.45, 7) is 1.81. The van der Waals surface area contributed by atoms with Gasteiger partial charge in [-0.15, -0.1) is 0 Å². The van der Waals surface area contributed by atoms with Crippen LogP contribution in [0.3, 0.4) is 0 Å². The molecule has 3 saturated heterocycles. The summed E-state index contributed by atoms with van der Waals surface area (Å²) in [5, 5.41) is 3.64. The number of carbonyl (C=O) groups is 3. The molecule has 9 nitrogen and oxygen atoms in total. The number of halogens is 2. The molecule has 3 amide bonds. The van der Waals surface area contributed by atoms with E-state index in [0.29, 0.717) is 66.0 Å². The lowest BCUT2D eigenvalue weighted by Crippen LogP contribution is -2.60. The Morgan fingerprint density at radius 2 is 1.82 bits per heavy atom. The zero-order valence-corrected chi connectivity index (χ0v) is 23.2. The summed E-state index contributed by atoms with van der Waals surface area (Å²) in [7, 11) is 1.53. The maximum Gasteiger partial charge on any atom is 0.257 e. The summed E-state index contributed by atoms with van der Waals surface area (Å²) in [6, 6.07) is 10.8. The van der Waals surface area contributed by atoms with Crippen LogP contribution in [0, 0.1) is 0 Å². The number of nitrogens with one attached hydrogen (secondary N) is 1. The third kappa shape index (κ3) is 5.72. The van der Waals surface area contributed by atoms with Crippen LogP contribution in [0.1, 0.15) is 46.4 Å². The Morgan fingerprint density at radius 3 is 2.51 bits per heavy atom. The van der Waals surface area contributed by atoms with E-state index < -0.39 is 11.8 Å². The standard InChI is InChI=1S/C28H31Cl2N3O6/c1-37-20-5-2-4-18(14-20)27(36)33-24(25(34)31-16-21-6-3-13-38-21)17-39-28(33)9-11-32(12-10-28)26(35)19-7-8-22(29)23(30)15-19/h2,4-5,7-8,14-15,21,24H,3,6,9-13,16-17H2,1H3,(H,31,34)/t21-,24+/m0/s1. The number of benzene rings is 2. The molecule has 3 aliphatic heterocycles. The highest BCUT2D eigenvalue weighted by Gasteiger charge is 2.54. The minimum absolute atomic E-state index is 0.0246. The van der Waals surface area contributed by atoms with Gasteiger partial charge >= 0.3 is 0 Å². The van der Waals surface area contributed by atoms with Gasteiger partial charge in [-0.1, -0.05) is 29.3 Å². The van der Waals surface area contributed by atoms with Gasteiger partial charge in [0.25, 0.3) is 11.8 Å². The van der Waals surface area contributed by atoms with Gasteiger partial charge in [-0.25, -0.2) is 0 Å². The fraction of sp³-hybridized carbons (Fsp3) is 0.464. The van der Waals surface area contributed by atoms with Crippen LogP contribution in [-0.4, -0.2) is 85.3 Å². The second-order valence-corrected chi connectivity index (χ2v) is 10.8. The zero-order chi connectivity index (χ0) is 27.6. The topological polar surface area (TPSA) is 97.4 Å². The number of piperidine rings is 1. The Bertz CT molecular complexity index is 1240. The first-order valence-electron chi connectivity index (χ1n) is 13.1. The number of carbonyl (C=O) groups excluding carboxylic acids is 3. The predicted octanol–water partition coefficient (Wildman–Crippen LogP) is 3.77. The number of rotatable bonds is 6. The summed E-state index contributed by atoms with van der Waals surface area (Å²) in [5.41, 5.74) is -0.200. The highest BCUT2D eigenvalue weighted by Crippen LogP contribution is 2.39. The first-order valence-corrected chi connectivity index (χ1v) is 13.8. The minimum atomic E-state index is -1.03. The molecule has 11 heteroatoms. The highest BCUT2D eigenvalue weighted by molar-refractivity contribution is 6.42. The molecule has 5 rings (SSSR count). The SMILES string of the molecule is COc1cccc(C(=O)N2[C@@H](C(=O)NC[C@@H]3CCCO3)COC23CCN(C(=O)c2ccc(Cl)c(Cl)c2)CC3)c1. The van der Waals surface area contributed by atoms with Gasteiger partial charge in [-0.2, -0.15) is 0 Å². The van der Waals surface area contributed by atoms with Gasteiger partial charge in [0.1, 0.15) is 17.5 Å². The van der Waals surface area contributed by atoms with Crippen molar-refractivity contribution in [1.29, 1.82) is 0 Å². The van der Waals surface area contributed by atoms with Crippen LogP contribution in [0.2, 0.25) is 10.0 Å². The van der Waals surface area contributed by atoms with Crippen molar-refractivity contribution in [3.8, 4) is 5.75 Å². The van der Waals surface area contributed by atoms with Crippen molar-refractivity contribution in [2.45, 2.75) is 43.6 Å². The van der Waals surface area contributed by atoms with Crippen LogP contribution >= 0.6 is 23.2 Å². The molecule has 3 aliphatic rings. The zero-order valence-electron chi connectivity index (χ0n) is 21.7. The fourth-order valence-corrected chi connectivity index (χ4v) is 5.77. The molecule has 0 aromatic heterocycles. The normalized spacial score (nSPS) is 22.2. The van der Waals surface area contributed by atoms with Crippen LogP contribution in [-0.2, 0) is 14.3 Å². The van der Waals surface area contributed by atoms with Gasteiger partial charge in [-0.3, -0.25) is 19.3 Å². The van der Waals surface area contributed by atoms with E-state index in [4.69, 9.17) is 37.4 Å². The molecule has 39 heavy (non-hydrogen) atoms. The van der Waals surface area contributed by atoms with E-state index in [2.05, 4.69) is 5.32 Å². The van der Waals surface area contributed by atoms with E-state index >= 15 is 0 Å². The molecule has 0 bridgehead atoms. The van der Waals surface area contributed by atoms with E-state index in [0.717, 1.165) is 12.8 Å². The largest absolute Gasteiger partial charge is 0.497 e. The number of methoxy groups -OCH3 is 1. The molecular formula is C28H31Cl2N3O6. The molecule has 0 aliphatic carbocycles. The van der Waals surface area contributed by atoms with Gasteiger partial charge in [0, 0.05) is 50.2 Å². The van der Waals surface area contributed by atoms with Gasteiger partial charge in [0.15, 0.2) is 0 Å². The summed E-state index contributed by atoms with van der Waals surface area (Å²) in [4.78, 5) is 43.7. The lowest BCUT2D eigenvalue weighted by molar-refractivity contribution is -0.128. The number of amides is 3. The number of ether oxygens (including phenoxy) is 3. The Kier molecular flexibility index (Phi) is 8.32. The molecular weight excluding hydrogens is 545 g/mol. The van der Waals surface area contributed by atoms with Gasteiger partial charge in [0.05, 0.1) is 29.9 Å². The lowest BCUT2D eigenvalue weighted by atomic mass is 9.96. The molecule has 3 heterocycles. The van der Waals surface area contributed by atoms with Gasteiger partial charge in [-0.05, 0) is 49.2 Å². The molecule has 0 unspecified atom stereocenters. The number of nitrogens with zero attached hydrogens (tertiary/aromatic N) is 2. The second kappa shape index (κ2) is 11.7. The van der Waals surface area contributed by atoms with Crippen LogP contribution in [0.15, 0.2) is 42.5 Å². The molecule has 208 valence electrons. The van der Waals surface area contributed by atoms with E-state index in [-0.39, 0.29) is 30.4 Å². The number of likely N-dealkylation sites (tertiary alicyclic amines) is 1. The summed E-state index contributed by atoms with van der Waals surface area (Å²) in [5.74, 6) is -0.254. The van der Waals surface area contributed by atoms with Crippen molar-refractivity contribution >= 4 is 40.9 Å². The van der Waals surface area contributed by atoms with Crippen molar-refractivity contribution in [3.63, 3.8) is 0 Å².